The van der Waals surface area contributed by atoms with Gasteiger partial charge in [-0.1, -0.05) is 11.6 Å². The molecule has 0 aliphatic heterocycles. The molecule has 0 aromatic heterocycles. The van der Waals surface area contributed by atoms with Crippen LogP contribution < -0.4 is 10.1 Å². The van der Waals surface area contributed by atoms with E-state index in [4.69, 9.17) is 21.4 Å². The zero-order chi connectivity index (χ0) is 17.0. The van der Waals surface area contributed by atoms with Crippen molar-refractivity contribution in [2.24, 2.45) is 0 Å². The van der Waals surface area contributed by atoms with Crippen LogP contribution in [-0.4, -0.2) is 36.0 Å². The molecule has 7 heteroatoms. The molecule has 0 radical (unpaired) electrons. The highest BCUT2D eigenvalue weighted by molar-refractivity contribution is 6.31. The first kappa shape index (κ1) is 17.6. The lowest BCUT2D eigenvalue weighted by Crippen LogP contribution is -2.38. The number of rotatable bonds is 6. The Morgan fingerprint density at radius 2 is 2.30 bits per heavy atom. The molecule has 2 unspecified atom stereocenters. The molecule has 3 N–H and O–H groups in total. The molecule has 0 amide bonds. The minimum atomic E-state index is -1.15. The fourth-order valence-corrected chi connectivity index (χ4v) is 2.96. The molecule has 1 aliphatic carbocycles. The van der Waals surface area contributed by atoms with Crippen LogP contribution in [0.3, 0.4) is 0 Å². The molecular formula is C16H19ClFNO4. The number of methoxy groups -OCH3 is 1. The lowest BCUT2D eigenvalue weighted by molar-refractivity contribution is -0.133. The fraction of sp³-hybridized carbons (Fsp3) is 0.438. The number of aliphatic hydroxyl groups excluding tert-OH is 1. The fourth-order valence-electron chi connectivity index (χ4n) is 2.71. The first-order chi connectivity index (χ1) is 11.0. The Morgan fingerprint density at radius 1 is 1.57 bits per heavy atom. The van der Waals surface area contributed by atoms with Gasteiger partial charge in [0.1, 0.15) is 18.2 Å². The molecule has 1 aliphatic rings. The van der Waals surface area contributed by atoms with Crippen LogP contribution in [0.2, 0.25) is 5.02 Å². The van der Waals surface area contributed by atoms with E-state index < -0.39 is 24.7 Å². The molecule has 5 nitrogen and oxygen atoms in total. The standard InChI is InChI=1S/C16H19ClFNO4/c1-23-9-5-6-12(17)11(7-9)14(8-18)19-13-4-2-3-10(15(13)20)16(21)22/h5-7,13-14,19-20H,2-4,8H2,1H3,(H,21,22). The summed E-state index contributed by atoms with van der Waals surface area (Å²) in [7, 11) is 1.50. The molecule has 0 saturated carbocycles. The summed E-state index contributed by atoms with van der Waals surface area (Å²) in [4.78, 5) is 11.1. The number of carboxylic acids is 1. The Hall–Kier alpha value is -1.79. The Balaban J connectivity index is 2.26. The molecule has 0 spiro atoms. The maximum Gasteiger partial charge on any atom is 0.335 e. The van der Waals surface area contributed by atoms with Gasteiger partial charge in [-0.15, -0.1) is 0 Å². The second kappa shape index (κ2) is 7.66. The number of nitrogens with one attached hydrogen (secondary N) is 1. The highest BCUT2D eigenvalue weighted by atomic mass is 35.5. The van der Waals surface area contributed by atoms with Gasteiger partial charge in [0, 0.05) is 5.02 Å². The molecule has 2 rings (SSSR count). The summed E-state index contributed by atoms with van der Waals surface area (Å²) in [5.74, 6) is -0.842. The minimum absolute atomic E-state index is 0.0249. The van der Waals surface area contributed by atoms with Gasteiger partial charge in [-0.2, -0.15) is 0 Å². The van der Waals surface area contributed by atoms with Crippen molar-refractivity contribution in [3.8, 4) is 5.75 Å². The Morgan fingerprint density at radius 3 is 2.91 bits per heavy atom. The third-order valence-electron chi connectivity index (χ3n) is 3.95. The molecule has 2 atom stereocenters. The van der Waals surface area contributed by atoms with E-state index in [-0.39, 0.29) is 11.3 Å². The molecule has 126 valence electrons. The van der Waals surface area contributed by atoms with Crippen molar-refractivity contribution in [1.82, 2.24) is 5.32 Å². The Kier molecular flexibility index (Phi) is 5.85. The van der Waals surface area contributed by atoms with Crippen LogP contribution in [0.25, 0.3) is 0 Å². The van der Waals surface area contributed by atoms with Gasteiger partial charge in [0.05, 0.1) is 24.8 Å². The van der Waals surface area contributed by atoms with Crippen LogP contribution in [0.15, 0.2) is 29.5 Å². The molecule has 23 heavy (non-hydrogen) atoms. The Labute approximate surface area is 138 Å². The van der Waals surface area contributed by atoms with Crippen LogP contribution in [0.4, 0.5) is 4.39 Å². The van der Waals surface area contributed by atoms with Gasteiger partial charge in [-0.25, -0.2) is 9.18 Å². The van der Waals surface area contributed by atoms with Gasteiger partial charge in [0.2, 0.25) is 0 Å². The number of alkyl halides is 1. The quantitative estimate of drug-likeness (QED) is 0.737. The van der Waals surface area contributed by atoms with Crippen LogP contribution in [0, 0.1) is 0 Å². The first-order valence-electron chi connectivity index (χ1n) is 7.28. The second-order valence-corrected chi connectivity index (χ2v) is 5.78. The SMILES string of the molecule is COc1ccc(Cl)c(C(CF)NC2CCCC(C(=O)O)=C2O)c1. The van der Waals surface area contributed by atoms with Crippen molar-refractivity contribution in [1.29, 1.82) is 0 Å². The van der Waals surface area contributed by atoms with E-state index in [1.165, 1.54) is 7.11 Å². The number of carboxylic acid groups (broad SMARTS) is 1. The van der Waals surface area contributed by atoms with Gasteiger partial charge in [0.15, 0.2) is 0 Å². The summed E-state index contributed by atoms with van der Waals surface area (Å²) in [6, 6.07) is 3.53. The maximum absolute atomic E-state index is 13.5. The van der Waals surface area contributed by atoms with Crippen LogP contribution in [0.5, 0.6) is 5.75 Å². The zero-order valence-corrected chi connectivity index (χ0v) is 13.4. The summed E-state index contributed by atoms with van der Waals surface area (Å²) in [5, 5.41) is 22.5. The normalized spacial score (nSPS) is 19.5. The topological polar surface area (TPSA) is 78.8 Å². The molecule has 0 fully saturated rings. The Bertz CT molecular complexity index is 620. The average Bonchev–Trinajstić information content (AvgIpc) is 2.54. The first-order valence-corrected chi connectivity index (χ1v) is 7.66. The van der Waals surface area contributed by atoms with Gasteiger partial charge in [0.25, 0.3) is 0 Å². The number of aliphatic carboxylic acids is 1. The highest BCUT2D eigenvalue weighted by Gasteiger charge is 2.29. The summed E-state index contributed by atoms with van der Waals surface area (Å²) < 4.78 is 18.6. The van der Waals surface area contributed by atoms with E-state index in [1.54, 1.807) is 18.2 Å². The minimum Gasteiger partial charge on any atom is -0.510 e. The smallest absolute Gasteiger partial charge is 0.335 e. The number of carbonyl (C=O) groups is 1. The van der Waals surface area contributed by atoms with E-state index >= 15 is 0 Å². The van der Waals surface area contributed by atoms with Gasteiger partial charge in [-0.3, -0.25) is 5.32 Å². The lowest BCUT2D eigenvalue weighted by atomic mass is 9.92. The van der Waals surface area contributed by atoms with Crippen molar-refractivity contribution in [2.45, 2.75) is 31.3 Å². The van der Waals surface area contributed by atoms with Crippen LogP contribution in [0.1, 0.15) is 30.9 Å². The third-order valence-corrected chi connectivity index (χ3v) is 4.30. The van der Waals surface area contributed by atoms with E-state index in [2.05, 4.69) is 5.32 Å². The zero-order valence-electron chi connectivity index (χ0n) is 12.7. The van der Waals surface area contributed by atoms with E-state index in [9.17, 15) is 14.3 Å². The molecule has 1 aromatic rings. The molecule has 0 saturated heterocycles. The second-order valence-electron chi connectivity index (χ2n) is 5.37. The predicted octanol–water partition coefficient (Wildman–Crippen LogP) is 3.40. The number of hydrogen-bond donors (Lipinski definition) is 3. The summed E-state index contributed by atoms with van der Waals surface area (Å²) >= 11 is 6.13. The summed E-state index contributed by atoms with van der Waals surface area (Å²) in [6.07, 6.45) is 1.44. The van der Waals surface area contributed by atoms with Gasteiger partial charge in [-0.05, 0) is 43.0 Å². The third kappa shape index (κ3) is 3.95. The van der Waals surface area contributed by atoms with Crippen molar-refractivity contribution in [2.75, 3.05) is 13.8 Å². The lowest BCUT2D eigenvalue weighted by Gasteiger charge is -2.28. The monoisotopic (exact) mass is 343 g/mol. The average molecular weight is 344 g/mol. The van der Waals surface area contributed by atoms with Gasteiger partial charge < -0.3 is 14.9 Å². The molecule has 0 heterocycles. The number of ether oxygens (including phenoxy) is 1. The van der Waals surface area contributed by atoms with Crippen molar-refractivity contribution < 1.29 is 24.1 Å². The molecule has 1 aromatic carbocycles. The molecular weight excluding hydrogens is 325 g/mol. The van der Waals surface area contributed by atoms with Crippen molar-refractivity contribution >= 4 is 17.6 Å². The van der Waals surface area contributed by atoms with E-state index in [0.717, 1.165) is 0 Å². The largest absolute Gasteiger partial charge is 0.510 e. The predicted molar refractivity (Wildman–Crippen MR) is 84.8 cm³/mol. The number of benzene rings is 1. The summed E-state index contributed by atoms with van der Waals surface area (Å²) in [6.45, 7) is -0.751. The number of aliphatic hydroxyl groups is 1. The van der Waals surface area contributed by atoms with Crippen molar-refractivity contribution in [3.63, 3.8) is 0 Å². The summed E-state index contributed by atoms with van der Waals surface area (Å²) in [5.41, 5.74) is 0.479. The van der Waals surface area contributed by atoms with Crippen LogP contribution in [-0.2, 0) is 4.79 Å². The van der Waals surface area contributed by atoms with Crippen LogP contribution >= 0.6 is 11.6 Å². The van der Waals surface area contributed by atoms with Crippen molar-refractivity contribution in [3.05, 3.63) is 40.1 Å². The number of hydrogen-bond acceptors (Lipinski definition) is 4. The van der Waals surface area contributed by atoms with E-state index in [0.29, 0.717) is 35.6 Å². The maximum atomic E-state index is 13.5. The molecule has 0 bridgehead atoms. The van der Waals surface area contributed by atoms with Gasteiger partial charge >= 0.3 is 5.97 Å². The number of halogens is 2. The van der Waals surface area contributed by atoms with E-state index in [1.807, 2.05) is 0 Å². The highest BCUT2D eigenvalue weighted by Crippen LogP contribution is 2.31.